The van der Waals surface area contributed by atoms with Gasteiger partial charge in [0.25, 0.3) is 5.91 Å². The number of rotatable bonds is 4. The Hall–Kier alpha value is -4.00. The van der Waals surface area contributed by atoms with Crippen molar-refractivity contribution in [3.8, 4) is 22.8 Å². The molecule has 1 amide bonds. The van der Waals surface area contributed by atoms with E-state index >= 15 is 0 Å². The molecule has 1 aliphatic heterocycles. The molecule has 7 nitrogen and oxygen atoms in total. The minimum absolute atomic E-state index is 0.0772. The molecule has 5 rings (SSSR count). The van der Waals surface area contributed by atoms with Gasteiger partial charge in [-0.05, 0) is 42.0 Å². The van der Waals surface area contributed by atoms with Gasteiger partial charge in [0, 0.05) is 11.1 Å². The number of para-hydroxylation sites is 1. The van der Waals surface area contributed by atoms with Crippen molar-refractivity contribution < 1.29 is 19.4 Å². The molecule has 144 valence electrons. The van der Waals surface area contributed by atoms with E-state index < -0.39 is 6.04 Å². The number of phenols is 2. The van der Waals surface area contributed by atoms with Gasteiger partial charge in [-0.25, -0.2) is 0 Å². The van der Waals surface area contributed by atoms with Gasteiger partial charge >= 0.3 is 0 Å². The van der Waals surface area contributed by atoms with Crippen LogP contribution in [0.4, 0.5) is 0 Å². The summed E-state index contributed by atoms with van der Waals surface area (Å²) < 4.78 is 5.45. The Balaban J connectivity index is 1.69. The van der Waals surface area contributed by atoms with Crippen LogP contribution in [0.25, 0.3) is 11.3 Å². The maximum absolute atomic E-state index is 13.2. The van der Waals surface area contributed by atoms with E-state index in [4.69, 9.17) is 4.42 Å². The monoisotopic (exact) mass is 387 g/mol. The van der Waals surface area contributed by atoms with Crippen LogP contribution < -0.4 is 0 Å². The minimum Gasteiger partial charge on any atom is -0.508 e. The number of phenolic OH excluding ortho intramolecular Hbond substituents is 2. The number of amides is 1. The van der Waals surface area contributed by atoms with Crippen molar-refractivity contribution in [3.05, 3.63) is 89.5 Å². The number of aromatic nitrogens is 2. The van der Waals surface area contributed by atoms with Gasteiger partial charge in [0.2, 0.25) is 0 Å². The highest BCUT2D eigenvalue weighted by molar-refractivity contribution is 6.00. The molecule has 1 aliphatic rings. The molecule has 0 aliphatic carbocycles. The Bertz CT molecular complexity index is 1200. The van der Waals surface area contributed by atoms with Crippen LogP contribution >= 0.6 is 0 Å². The van der Waals surface area contributed by atoms with E-state index in [1.807, 2.05) is 12.1 Å². The smallest absolute Gasteiger partial charge is 0.273 e. The lowest BCUT2D eigenvalue weighted by atomic mass is 9.95. The van der Waals surface area contributed by atoms with Crippen molar-refractivity contribution in [2.24, 2.45) is 0 Å². The lowest BCUT2D eigenvalue weighted by Crippen LogP contribution is -2.28. The predicted molar refractivity (Wildman–Crippen MR) is 104 cm³/mol. The summed E-state index contributed by atoms with van der Waals surface area (Å²) in [4.78, 5) is 14.9. The third-order valence-corrected chi connectivity index (χ3v) is 5.12. The Morgan fingerprint density at radius 2 is 1.93 bits per heavy atom. The maximum atomic E-state index is 13.2. The van der Waals surface area contributed by atoms with Crippen molar-refractivity contribution in [2.75, 3.05) is 0 Å². The number of carbonyl (C=O) groups excluding carboxylic acids is 1. The molecule has 0 spiro atoms. The van der Waals surface area contributed by atoms with Gasteiger partial charge < -0.3 is 19.5 Å². The number of fused-ring (bicyclic) bond motifs is 1. The molecule has 0 saturated heterocycles. The molecule has 1 atom stereocenters. The lowest BCUT2D eigenvalue weighted by Gasteiger charge is -2.25. The molecule has 4 aromatic rings. The van der Waals surface area contributed by atoms with Crippen LogP contribution in [0, 0.1) is 0 Å². The number of hydrogen-bond donors (Lipinski definition) is 3. The van der Waals surface area contributed by atoms with E-state index in [1.54, 1.807) is 59.7 Å². The van der Waals surface area contributed by atoms with E-state index in [2.05, 4.69) is 10.2 Å². The number of furan rings is 1. The summed E-state index contributed by atoms with van der Waals surface area (Å²) in [7, 11) is 0. The van der Waals surface area contributed by atoms with Crippen molar-refractivity contribution in [1.82, 2.24) is 15.1 Å². The summed E-state index contributed by atoms with van der Waals surface area (Å²) >= 11 is 0. The molecule has 0 fully saturated rings. The fraction of sp³-hybridized carbons (Fsp3) is 0.0909. The van der Waals surface area contributed by atoms with Crippen LogP contribution in [-0.2, 0) is 6.54 Å². The molecule has 0 saturated carbocycles. The van der Waals surface area contributed by atoms with Crippen LogP contribution in [0.1, 0.15) is 33.4 Å². The van der Waals surface area contributed by atoms with Gasteiger partial charge in [-0.2, -0.15) is 5.10 Å². The van der Waals surface area contributed by atoms with E-state index in [-0.39, 0.29) is 24.0 Å². The molecular formula is C22H17N3O4. The number of aromatic amines is 1. The van der Waals surface area contributed by atoms with E-state index in [9.17, 15) is 15.0 Å². The zero-order chi connectivity index (χ0) is 20.0. The Kier molecular flexibility index (Phi) is 3.87. The molecule has 3 N–H and O–H groups in total. The quantitative estimate of drug-likeness (QED) is 0.494. The van der Waals surface area contributed by atoms with Crippen molar-refractivity contribution in [2.45, 2.75) is 12.6 Å². The Labute approximate surface area is 165 Å². The van der Waals surface area contributed by atoms with Gasteiger partial charge in [0.05, 0.1) is 18.8 Å². The summed E-state index contributed by atoms with van der Waals surface area (Å²) in [5, 5.41) is 27.5. The summed E-state index contributed by atoms with van der Waals surface area (Å²) in [5.41, 5.74) is 2.79. The highest BCUT2D eigenvalue weighted by atomic mass is 16.3. The Morgan fingerprint density at radius 1 is 1.07 bits per heavy atom. The summed E-state index contributed by atoms with van der Waals surface area (Å²) in [5.74, 6) is 0.604. The van der Waals surface area contributed by atoms with Crippen LogP contribution in [0.15, 0.2) is 71.3 Å². The first-order valence-corrected chi connectivity index (χ1v) is 9.12. The van der Waals surface area contributed by atoms with Crippen molar-refractivity contribution in [1.29, 1.82) is 0 Å². The second-order valence-electron chi connectivity index (χ2n) is 6.89. The van der Waals surface area contributed by atoms with Crippen molar-refractivity contribution >= 4 is 5.91 Å². The molecule has 0 bridgehead atoms. The minimum atomic E-state index is -0.497. The zero-order valence-electron chi connectivity index (χ0n) is 15.2. The second kappa shape index (κ2) is 6.56. The number of H-pyrrole nitrogens is 1. The number of nitrogens with one attached hydrogen (secondary N) is 1. The first kappa shape index (κ1) is 17.1. The number of benzene rings is 2. The van der Waals surface area contributed by atoms with Crippen molar-refractivity contribution in [3.63, 3.8) is 0 Å². The van der Waals surface area contributed by atoms with E-state index in [1.165, 1.54) is 0 Å². The van der Waals surface area contributed by atoms with Gasteiger partial charge in [-0.15, -0.1) is 0 Å². The molecule has 0 radical (unpaired) electrons. The molecule has 7 heteroatoms. The topological polar surface area (TPSA) is 103 Å². The fourth-order valence-corrected chi connectivity index (χ4v) is 3.85. The summed E-state index contributed by atoms with van der Waals surface area (Å²) in [6.07, 6.45) is 1.56. The third-order valence-electron chi connectivity index (χ3n) is 5.12. The Morgan fingerprint density at radius 3 is 2.69 bits per heavy atom. The van der Waals surface area contributed by atoms with Crippen LogP contribution in [0.3, 0.4) is 0 Å². The molecule has 0 unspecified atom stereocenters. The van der Waals surface area contributed by atoms with Crippen LogP contribution in [0.2, 0.25) is 0 Å². The number of hydrogen-bond acceptors (Lipinski definition) is 5. The van der Waals surface area contributed by atoms with Gasteiger partial charge in [0.15, 0.2) is 0 Å². The van der Waals surface area contributed by atoms with E-state index in [0.717, 1.165) is 5.56 Å². The predicted octanol–water partition coefficient (Wildman–Crippen LogP) is 3.83. The van der Waals surface area contributed by atoms with E-state index in [0.29, 0.717) is 28.3 Å². The molecule has 3 heterocycles. The average Bonchev–Trinajstić information content (AvgIpc) is 3.42. The highest BCUT2D eigenvalue weighted by Gasteiger charge is 2.42. The fourth-order valence-electron chi connectivity index (χ4n) is 3.85. The first-order chi connectivity index (χ1) is 14.1. The largest absolute Gasteiger partial charge is 0.508 e. The average molecular weight is 387 g/mol. The lowest BCUT2D eigenvalue weighted by molar-refractivity contribution is 0.0716. The van der Waals surface area contributed by atoms with Crippen LogP contribution in [-0.4, -0.2) is 31.2 Å². The first-order valence-electron chi connectivity index (χ1n) is 9.12. The normalized spacial score (nSPS) is 15.7. The summed E-state index contributed by atoms with van der Waals surface area (Å²) in [6.45, 7) is 0.259. The zero-order valence-corrected chi connectivity index (χ0v) is 15.2. The molecule has 29 heavy (non-hydrogen) atoms. The second-order valence-corrected chi connectivity index (χ2v) is 6.89. The molecule has 2 aromatic carbocycles. The number of nitrogens with zero attached hydrogens (tertiary/aromatic N) is 2. The highest BCUT2D eigenvalue weighted by Crippen LogP contribution is 2.45. The molecular weight excluding hydrogens is 370 g/mol. The number of carbonyl (C=O) groups is 1. The van der Waals surface area contributed by atoms with Crippen LogP contribution in [0.5, 0.6) is 11.5 Å². The van der Waals surface area contributed by atoms with Gasteiger partial charge in [-0.1, -0.05) is 24.3 Å². The SMILES string of the molecule is O=C1c2[nH]nc(-c3ccccc3O)c2[C@@H](c2cccc(O)c2)N1Cc1ccco1. The summed E-state index contributed by atoms with van der Waals surface area (Å²) in [6, 6.07) is 16.7. The third kappa shape index (κ3) is 2.75. The standard InChI is InChI=1S/C22H17N3O4/c26-14-6-3-5-13(11-14)21-18-19(16-8-1-2-9-17(16)27)23-24-20(18)22(28)25(21)12-15-7-4-10-29-15/h1-11,21,26-27H,12H2,(H,23,24)/t21-/m1/s1. The molecule has 2 aromatic heterocycles. The number of aromatic hydroxyl groups is 2. The van der Waals surface area contributed by atoms with Gasteiger partial charge in [0.1, 0.15) is 28.6 Å². The maximum Gasteiger partial charge on any atom is 0.273 e. The van der Waals surface area contributed by atoms with Gasteiger partial charge in [-0.3, -0.25) is 9.89 Å².